The van der Waals surface area contributed by atoms with E-state index >= 15 is 0 Å². The molecule has 2 rings (SSSR count). The molecule has 0 aromatic heterocycles. The van der Waals surface area contributed by atoms with Crippen molar-refractivity contribution in [1.29, 1.82) is 0 Å². The Morgan fingerprint density at radius 2 is 1.18 bits per heavy atom. The van der Waals surface area contributed by atoms with Crippen LogP contribution in [0.4, 0.5) is 11.4 Å². The molecule has 4 N–H and O–H groups in total. The van der Waals surface area contributed by atoms with E-state index < -0.39 is 0 Å². The first-order valence-corrected chi connectivity index (χ1v) is 5.65. The molecule has 0 saturated heterocycles. The molecule has 0 heterocycles. The van der Waals surface area contributed by atoms with Crippen LogP contribution >= 0.6 is 0 Å². The van der Waals surface area contributed by atoms with Gasteiger partial charge in [0.25, 0.3) is 0 Å². The molecule has 2 heteroatoms. The maximum Gasteiger partial charge on any atom is 0.0346 e. The van der Waals surface area contributed by atoms with E-state index in [4.69, 9.17) is 11.5 Å². The Hall–Kier alpha value is -1.96. The fraction of sp³-hybridized carbons (Fsp3) is 0.200. The molecule has 0 unspecified atom stereocenters. The summed E-state index contributed by atoms with van der Waals surface area (Å²) in [6.07, 6.45) is 0. The fourth-order valence-electron chi connectivity index (χ4n) is 1.36. The van der Waals surface area contributed by atoms with E-state index in [0.717, 1.165) is 16.9 Å². The lowest BCUT2D eigenvalue weighted by molar-refractivity contribution is 1.35. The van der Waals surface area contributed by atoms with E-state index in [9.17, 15) is 0 Å². The van der Waals surface area contributed by atoms with Gasteiger partial charge in [-0.25, -0.2) is 0 Å². The van der Waals surface area contributed by atoms with Crippen LogP contribution in [0.2, 0.25) is 0 Å². The Morgan fingerprint density at radius 3 is 1.59 bits per heavy atom. The van der Waals surface area contributed by atoms with Crippen molar-refractivity contribution in [3.05, 3.63) is 59.2 Å². The Morgan fingerprint density at radius 1 is 0.647 bits per heavy atom. The second-order valence-corrected chi connectivity index (χ2v) is 4.15. The first kappa shape index (κ1) is 13.1. The number of nitrogen functional groups attached to an aromatic ring is 2. The topological polar surface area (TPSA) is 52.0 Å². The molecule has 2 aromatic carbocycles. The summed E-state index contributed by atoms with van der Waals surface area (Å²) in [4.78, 5) is 0. The van der Waals surface area contributed by atoms with Crippen LogP contribution in [0.15, 0.2) is 42.5 Å². The van der Waals surface area contributed by atoms with Crippen molar-refractivity contribution in [2.45, 2.75) is 20.8 Å². The minimum absolute atomic E-state index is 0.868. The smallest absolute Gasteiger partial charge is 0.0346 e. The largest absolute Gasteiger partial charge is 0.399 e. The average Bonchev–Trinajstić information content (AvgIpc) is 2.31. The van der Waals surface area contributed by atoms with Gasteiger partial charge in [-0.05, 0) is 49.6 Å². The molecule has 0 amide bonds. The third-order valence-corrected chi connectivity index (χ3v) is 2.83. The average molecular weight is 228 g/mol. The van der Waals surface area contributed by atoms with Crippen molar-refractivity contribution in [2.24, 2.45) is 0 Å². The Bertz CT molecular complexity index is 449. The highest BCUT2D eigenvalue weighted by molar-refractivity contribution is 5.49. The van der Waals surface area contributed by atoms with Crippen molar-refractivity contribution in [1.82, 2.24) is 0 Å². The van der Waals surface area contributed by atoms with Gasteiger partial charge in [-0.2, -0.15) is 0 Å². The Labute approximate surface area is 103 Å². The SMILES string of the molecule is Cc1cccc(N)c1C.Cc1ccccc1N. The molecule has 0 fully saturated rings. The van der Waals surface area contributed by atoms with Crippen molar-refractivity contribution in [3.8, 4) is 0 Å². The highest BCUT2D eigenvalue weighted by atomic mass is 14.6. The minimum Gasteiger partial charge on any atom is -0.399 e. The van der Waals surface area contributed by atoms with E-state index in [-0.39, 0.29) is 0 Å². The maximum atomic E-state index is 5.62. The van der Waals surface area contributed by atoms with Crippen molar-refractivity contribution in [2.75, 3.05) is 11.5 Å². The van der Waals surface area contributed by atoms with Crippen molar-refractivity contribution < 1.29 is 0 Å². The molecule has 0 aliphatic rings. The van der Waals surface area contributed by atoms with Gasteiger partial charge in [0.2, 0.25) is 0 Å². The second-order valence-electron chi connectivity index (χ2n) is 4.15. The summed E-state index contributed by atoms with van der Waals surface area (Å²) < 4.78 is 0. The van der Waals surface area contributed by atoms with Crippen LogP contribution in [0.3, 0.4) is 0 Å². The molecule has 0 aliphatic carbocycles. The van der Waals surface area contributed by atoms with Gasteiger partial charge >= 0.3 is 0 Å². The molecule has 0 saturated carbocycles. The van der Waals surface area contributed by atoms with Crippen LogP contribution < -0.4 is 11.5 Å². The van der Waals surface area contributed by atoms with Gasteiger partial charge in [-0.1, -0.05) is 30.3 Å². The molecule has 0 bridgehead atoms. The van der Waals surface area contributed by atoms with Crippen LogP contribution in [-0.2, 0) is 0 Å². The summed E-state index contributed by atoms with van der Waals surface area (Å²) in [5.41, 5.74) is 16.5. The molecule has 17 heavy (non-hydrogen) atoms. The first-order valence-electron chi connectivity index (χ1n) is 5.65. The molecular weight excluding hydrogens is 208 g/mol. The summed E-state index contributed by atoms with van der Waals surface area (Å²) in [6.45, 7) is 6.09. The zero-order valence-corrected chi connectivity index (χ0v) is 10.7. The fourth-order valence-corrected chi connectivity index (χ4v) is 1.36. The summed E-state index contributed by atoms with van der Waals surface area (Å²) in [7, 11) is 0. The number of hydrogen-bond acceptors (Lipinski definition) is 2. The number of rotatable bonds is 0. The summed E-state index contributed by atoms with van der Waals surface area (Å²) in [6, 6.07) is 13.8. The van der Waals surface area contributed by atoms with Crippen molar-refractivity contribution in [3.63, 3.8) is 0 Å². The van der Waals surface area contributed by atoms with Gasteiger partial charge in [0, 0.05) is 11.4 Å². The predicted molar refractivity (Wildman–Crippen MR) is 75.9 cm³/mol. The summed E-state index contributed by atoms with van der Waals surface area (Å²) in [5.74, 6) is 0. The van der Waals surface area contributed by atoms with Crippen LogP contribution in [0, 0.1) is 20.8 Å². The van der Waals surface area contributed by atoms with Crippen LogP contribution in [0.5, 0.6) is 0 Å². The quantitative estimate of drug-likeness (QED) is 0.678. The number of hydrogen-bond donors (Lipinski definition) is 2. The zero-order chi connectivity index (χ0) is 12.8. The van der Waals surface area contributed by atoms with E-state index in [1.165, 1.54) is 11.1 Å². The van der Waals surface area contributed by atoms with E-state index in [1.54, 1.807) is 0 Å². The van der Waals surface area contributed by atoms with Crippen LogP contribution in [0.25, 0.3) is 0 Å². The number of para-hydroxylation sites is 1. The molecule has 2 aromatic rings. The predicted octanol–water partition coefficient (Wildman–Crippen LogP) is 3.46. The standard InChI is InChI=1S/C8H11N.C7H9N/c1-6-4-3-5-8(9)7(6)2;1-6-4-2-3-5-7(6)8/h3-5H,9H2,1-2H3;2-5H,8H2,1H3. The van der Waals surface area contributed by atoms with Gasteiger partial charge in [-0.3, -0.25) is 0 Å². The number of benzene rings is 2. The van der Waals surface area contributed by atoms with Crippen molar-refractivity contribution >= 4 is 11.4 Å². The molecule has 90 valence electrons. The second kappa shape index (κ2) is 5.94. The van der Waals surface area contributed by atoms with Gasteiger partial charge < -0.3 is 11.5 Å². The van der Waals surface area contributed by atoms with Gasteiger partial charge in [-0.15, -0.1) is 0 Å². The highest BCUT2D eigenvalue weighted by Crippen LogP contribution is 2.13. The Kier molecular flexibility index (Phi) is 4.58. The van der Waals surface area contributed by atoms with Crippen LogP contribution in [-0.4, -0.2) is 0 Å². The third kappa shape index (κ3) is 3.83. The molecule has 0 radical (unpaired) electrons. The molecule has 0 aliphatic heterocycles. The van der Waals surface area contributed by atoms with Crippen LogP contribution in [0.1, 0.15) is 16.7 Å². The van der Waals surface area contributed by atoms with E-state index in [0.29, 0.717) is 0 Å². The molecule has 0 spiro atoms. The Balaban J connectivity index is 0.000000171. The normalized spacial score (nSPS) is 9.35. The lowest BCUT2D eigenvalue weighted by Gasteiger charge is -2.00. The summed E-state index contributed by atoms with van der Waals surface area (Å²) in [5, 5.41) is 0. The van der Waals surface area contributed by atoms with Gasteiger partial charge in [0.05, 0.1) is 0 Å². The maximum absolute atomic E-state index is 5.62. The minimum atomic E-state index is 0.868. The van der Waals surface area contributed by atoms with Gasteiger partial charge in [0.15, 0.2) is 0 Å². The number of anilines is 2. The zero-order valence-electron chi connectivity index (χ0n) is 10.7. The molecule has 2 nitrogen and oxygen atoms in total. The van der Waals surface area contributed by atoms with E-state index in [1.807, 2.05) is 50.2 Å². The third-order valence-electron chi connectivity index (χ3n) is 2.83. The molecular formula is C15H20N2. The van der Waals surface area contributed by atoms with E-state index in [2.05, 4.69) is 13.0 Å². The highest BCUT2D eigenvalue weighted by Gasteiger charge is 1.92. The monoisotopic (exact) mass is 228 g/mol. The number of nitrogens with two attached hydrogens (primary N) is 2. The van der Waals surface area contributed by atoms with Gasteiger partial charge in [0.1, 0.15) is 0 Å². The lowest BCUT2D eigenvalue weighted by Crippen LogP contribution is -1.90. The first-order chi connectivity index (χ1) is 8.02. The molecule has 0 atom stereocenters. The lowest BCUT2D eigenvalue weighted by atomic mass is 10.1. The summed E-state index contributed by atoms with van der Waals surface area (Å²) >= 11 is 0. The number of aryl methyl sites for hydroxylation is 2.